The number of sulfonamides is 1. The van der Waals surface area contributed by atoms with E-state index in [0.29, 0.717) is 13.1 Å². The number of nitrogens with zero attached hydrogens (tertiary/aromatic N) is 3. The molecule has 0 N–H and O–H groups in total. The Morgan fingerprint density at radius 2 is 1.95 bits per heavy atom. The lowest BCUT2D eigenvalue weighted by atomic mass is 10.2. The van der Waals surface area contributed by atoms with Crippen molar-refractivity contribution in [2.24, 2.45) is 0 Å². The number of para-hydroxylation sites is 1. The van der Waals surface area contributed by atoms with Gasteiger partial charge in [0, 0.05) is 30.4 Å². The van der Waals surface area contributed by atoms with E-state index in [2.05, 4.69) is 0 Å². The van der Waals surface area contributed by atoms with Crippen LogP contribution >= 0.6 is 11.8 Å². The molecular formula is C13H19N3O4S2. The molecule has 1 fully saturated rings. The molecule has 2 atom stereocenters. The largest absolute Gasteiger partial charge is 0.304 e. The van der Waals surface area contributed by atoms with Gasteiger partial charge in [0.05, 0.1) is 4.92 Å². The number of hydrogen-bond donors (Lipinski definition) is 0. The molecule has 7 nitrogen and oxygen atoms in total. The van der Waals surface area contributed by atoms with Crippen molar-refractivity contribution in [1.29, 1.82) is 0 Å². The molecule has 0 saturated carbocycles. The first-order valence-electron chi connectivity index (χ1n) is 6.71. The summed E-state index contributed by atoms with van der Waals surface area (Å²) in [7, 11) is -0.0488. The van der Waals surface area contributed by atoms with Gasteiger partial charge in [-0.15, -0.1) is 0 Å². The van der Waals surface area contributed by atoms with Crippen molar-refractivity contribution in [3.05, 3.63) is 34.4 Å². The minimum atomic E-state index is -3.87. The number of nitro benzene ring substituents is 1. The Labute approximate surface area is 134 Å². The van der Waals surface area contributed by atoms with Crippen LogP contribution in [0.3, 0.4) is 0 Å². The molecule has 1 aliphatic heterocycles. The molecule has 0 amide bonds. The van der Waals surface area contributed by atoms with Crippen LogP contribution in [0.1, 0.15) is 0 Å². The average molecular weight is 345 g/mol. The Morgan fingerprint density at radius 1 is 1.32 bits per heavy atom. The van der Waals surface area contributed by atoms with Gasteiger partial charge in [-0.2, -0.15) is 16.1 Å². The van der Waals surface area contributed by atoms with Gasteiger partial charge in [-0.25, -0.2) is 8.42 Å². The summed E-state index contributed by atoms with van der Waals surface area (Å²) in [6, 6.07) is 5.58. The Balaban J connectivity index is 2.39. The van der Waals surface area contributed by atoms with E-state index in [9.17, 15) is 18.5 Å². The Morgan fingerprint density at radius 3 is 2.45 bits per heavy atom. The first-order valence-corrected chi connectivity index (χ1v) is 9.44. The molecule has 22 heavy (non-hydrogen) atoms. The van der Waals surface area contributed by atoms with E-state index in [-0.39, 0.29) is 21.9 Å². The summed E-state index contributed by atoms with van der Waals surface area (Å²) in [5.41, 5.74) is -0.378. The van der Waals surface area contributed by atoms with Crippen molar-refractivity contribution in [3.63, 3.8) is 0 Å². The maximum Gasteiger partial charge on any atom is 0.289 e. The zero-order valence-electron chi connectivity index (χ0n) is 12.7. The maximum absolute atomic E-state index is 12.8. The van der Waals surface area contributed by atoms with Gasteiger partial charge < -0.3 is 4.90 Å². The second kappa shape index (κ2) is 6.53. The quantitative estimate of drug-likeness (QED) is 0.590. The molecule has 1 aromatic rings. The summed E-state index contributed by atoms with van der Waals surface area (Å²) in [5, 5.41) is 11.2. The van der Waals surface area contributed by atoms with Crippen molar-refractivity contribution >= 4 is 27.5 Å². The Bertz CT molecular complexity index is 663. The molecule has 0 bridgehead atoms. The van der Waals surface area contributed by atoms with E-state index in [1.54, 1.807) is 11.8 Å². The van der Waals surface area contributed by atoms with E-state index in [4.69, 9.17) is 0 Å². The summed E-state index contributed by atoms with van der Waals surface area (Å²) in [4.78, 5) is 12.2. The minimum Gasteiger partial charge on any atom is -0.304 e. The summed E-state index contributed by atoms with van der Waals surface area (Å²) in [5.74, 6) is 0. The lowest BCUT2D eigenvalue weighted by molar-refractivity contribution is -0.387. The van der Waals surface area contributed by atoms with Gasteiger partial charge in [0.1, 0.15) is 0 Å². The van der Waals surface area contributed by atoms with Crippen molar-refractivity contribution in [2.45, 2.75) is 16.2 Å². The van der Waals surface area contributed by atoms with Crippen LogP contribution in [0.5, 0.6) is 0 Å². The van der Waals surface area contributed by atoms with Gasteiger partial charge in [-0.05, 0) is 26.4 Å². The summed E-state index contributed by atoms with van der Waals surface area (Å²) in [6.45, 7) is 0.700. The molecule has 1 aliphatic rings. The third-order valence-corrected chi connectivity index (χ3v) is 6.80. The molecule has 0 spiro atoms. The zero-order chi connectivity index (χ0) is 16.5. The lowest BCUT2D eigenvalue weighted by Gasteiger charge is -2.23. The Hall–Kier alpha value is -1.16. The summed E-state index contributed by atoms with van der Waals surface area (Å²) >= 11 is 1.61. The molecule has 1 heterocycles. The van der Waals surface area contributed by atoms with Gasteiger partial charge in [0.25, 0.3) is 5.69 Å². The fourth-order valence-corrected chi connectivity index (χ4v) is 5.32. The summed E-state index contributed by atoms with van der Waals surface area (Å²) in [6.07, 6.45) is 1.95. The molecule has 2 rings (SSSR count). The fourth-order valence-electron chi connectivity index (χ4n) is 2.61. The zero-order valence-corrected chi connectivity index (χ0v) is 14.3. The van der Waals surface area contributed by atoms with Crippen molar-refractivity contribution < 1.29 is 13.3 Å². The lowest BCUT2D eigenvalue weighted by Crippen LogP contribution is -2.37. The minimum absolute atomic E-state index is 0.0903. The van der Waals surface area contributed by atoms with Crippen LogP contribution in [-0.2, 0) is 10.0 Å². The number of nitro groups is 1. The number of rotatable bonds is 5. The maximum atomic E-state index is 12.8. The third kappa shape index (κ3) is 3.12. The predicted molar refractivity (Wildman–Crippen MR) is 86.6 cm³/mol. The number of benzene rings is 1. The smallest absolute Gasteiger partial charge is 0.289 e. The summed E-state index contributed by atoms with van der Waals surface area (Å²) < 4.78 is 26.9. The number of hydrogen-bond acceptors (Lipinski definition) is 6. The molecule has 1 aromatic carbocycles. The van der Waals surface area contributed by atoms with Crippen molar-refractivity contribution in [1.82, 2.24) is 9.21 Å². The second-order valence-electron chi connectivity index (χ2n) is 5.35. The van der Waals surface area contributed by atoms with Crippen LogP contribution in [0.2, 0.25) is 0 Å². The van der Waals surface area contributed by atoms with E-state index in [0.717, 1.165) is 0 Å². The van der Waals surface area contributed by atoms with Gasteiger partial charge in [0.2, 0.25) is 10.0 Å². The molecule has 122 valence electrons. The van der Waals surface area contributed by atoms with Crippen LogP contribution < -0.4 is 0 Å². The normalized spacial score (nSPS) is 23.1. The highest BCUT2D eigenvalue weighted by atomic mass is 32.2. The molecule has 2 unspecified atom stereocenters. The van der Waals surface area contributed by atoms with Crippen LogP contribution in [0.15, 0.2) is 29.2 Å². The van der Waals surface area contributed by atoms with Gasteiger partial charge in [-0.1, -0.05) is 12.1 Å². The van der Waals surface area contributed by atoms with E-state index in [1.165, 1.54) is 28.6 Å². The van der Waals surface area contributed by atoms with Crippen LogP contribution in [0.4, 0.5) is 5.69 Å². The Kier molecular flexibility index (Phi) is 5.10. The fraction of sp³-hybridized carbons (Fsp3) is 0.538. The highest BCUT2D eigenvalue weighted by Gasteiger charge is 2.41. The first kappa shape index (κ1) is 17.2. The second-order valence-corrected chi connectivity index (χ2v) is 8.34. The molecule has 0 aliphatic carbocycles. The molecule has 1 saturated heterocycles. The molecule has 0 radical (unpaired) electrons. The van der Waals surface area contributed by atoms with Crippen molar-refractivity contribution in [2.75, 3.05) is 33.4 Å². The van der Waals surface area contributed by atoms with Crippen LogP contribution in [-0.4, -0.2) is 67.3 Å². The topological polar surface area (TPSA) is 83.8 Å². The van der Waals surface area contributed by atoms with Crippen LogP contribution in [0, 0.1) is 10.1 Å². The van der Waals surface area contributed by atoms with Gasteiger partial charge in [0.15, 0.2) is 4.90 Å². The SMILES string of the molecule is CSC1CN(S(=O)(=O)c2ccccc2[N+](=O)[O-])CC1N(C)C. The predicted octanol–water partition coefficient (Wildman–Crippen LogP) is 1.26. The van der Waals surface area contributed by atoms with E-state index in [1.807, 2.05) is 25.3 Å². The van der Waals surface area contributed by atoms with E-state index >= 15 is 0 Å². The highest BCUT2D eigenvalue weighted by molar-refractivity contribution is 7.99. The monoisotopic (exact) mass is 345 g/mol. The molecule has 0 aromatic heterocycles. The molecule has 9 heteroatoms. The standard InChI is InChI=1S/C13H19N3O4S2/c1-14(2)11-8-15(9-12(11)21-3)22(19,20)13-7-5-4-6-10(13)16(17)18/h4-7,11-12H,8-9H2,1-3H3. The van der Waals surface area contributed by atoms with Crippen molar-refractivity contribution in [3.8, 4) is 0 Å². The average Bonchev–Trinajstić information content (AvgIpc) is 2.92. The van der Waals surface area contributed by atoms with Crippen LogP contribution in [0.25, 0.3) is 0 Å². The number of likely N-dealkylation sites (N-methyl/N-ethyl adjacent to an activating group) is 1. The van der Waals surface area contributed by atoms with E-state index < -0.39 is 14.9 Å². The van der Waals surface area contributed by atoms with Gasteiger partial charge >= 0.3 is 0 Å². The third-order valence-electron chi connectivity index (χ3n) is 3.85. The molecular weight excluding hydrogens is 326 g/mol. The highest BCUT2D eigenvalue weighted by Crippen LogP contribution is 2.32. The van der Waals surface area contributed by atoms with Gasteiger partial charge in [-0.3, -0.25) is 10.1 Å². The first-order chi connectivity index (χ1) is 10.3. The number of thioether (sulfide) groups is 1.